The van der Waals surface area contributed by atoms with Crippen LogP contribution in [0.4, 0.5) is 0 Å². The van der Waals surface area contributed by atoms with E-state index in [4.69, 9.17) is 4.74 Å². The Bertz CT molecular complexity index is 1330. The number of rotatable bonds is 15. The summed E-state index contributed by atoms with van der Waals surface area (Å²) < 4.78 is 5.71. The number of ether oxygens (including phenoxy) is 1. The van der Waals surface area contributed by atoms with Crippen LogP contribution in [0.15, 0.2) is 42.5 Å². The molecule has 0 bridgehead atoms. The van der Waals surface area contributed by atoms with Crippen molar-refractivity contribution in [3.05, 3.63) is 64.7 Å². The molecule has 2 aromatic carbocycles. The highest BCUT2D eigenvalue weighted by atomic mass is 16.5. The summed E-state index contributed by atoms with van der Waals surface area (Å²) in [7, 11) is 4.12. The number of carbonyl (C=O) groups excluding carboxylic acids is 2. The lowest BCUT2D eigenvalue weighted by Gasteiger charge is -2.31. The molecule has 9 heteroatoms. The van der Waals surface area contributed by atoms with Crippen LogP contribution in [0.5, 0.6) is 5.75 Å². The smallest absolute Gasteiger partial charge is 0.308 e. The SMILES string of the molecule is CCCCN(CCCCN(C)C)C(=O)CN1CC(c2ccc3c(c2)CCO3)C(C(=O)O)C1CCN1Cc2ccccc2C1=O. The van der Waals surface area contributed by atoms with Gasteiger partial charge >= 0.3 is 5.97 Å². The number of likely N-dealkylation sites (tertiary alicyclic amines) is 1. The van der Waals surface area contributed by atoms with Crippen LogP contribution in [-0.2, 0) is 22.6 Å². The van der Waals surface area contributed by atoms with Gasteiger partial charge in [0.2, 0.25) is 5.91 Å². The van der Waals surface area contributed by atoms with Crippen molar-refractivity contribution >= 4 is 17.8 Å². The van der Waals surface area contributed by atoms with Crippen LogP contribution in [0.25, 0.3) is 0 Å². The summed E-state index contributed by atoms with van der Waals surface area (Å²) in [5.74, 6) is -0.875. The zero-order valence-corrected chi connectivity index (χ0v) is 26.5. The largest absolute Gasteiger partial charge is 0.493 e. The minimum absolute atomic E-state index is 0.00765. The highest BCUT2D eigenvalue weighted by molar-refractivity contribution is 5.98. The summed E-state index contributed by atoms with van der Waals surface area (Å²) in [5, 5.41) is 10.6. The zero-order chi connectivity index (χ0) is 31.2. The average Bonchev–Trinajstić information content (AvgIpc) is 3.70. The number of benzene rings is 2. The van der Waals surface area contributed by atoms with Gasteiger partial charge in [0.05, 0.1) is 19.1 Å². The van der Waals surface area contributed by atoms with Gasteiger partial charge in [-0.3, -0.25) is 19.3 Å². The second-order valence-corrected chi connectivity index (χ2v) is 12.9. The molecular formula is C35H48N4O5. The second-order valence-electron chi connectivity index (χ2n) is 12.9. The summed E-state index contributed by atoms with van der Waals surface area (Å²) in [6.45, 7) is 6.84. The lowest BCUT2D eigenvalue weighted by molar-refractivity contribution is -0.144. The van der Waals surface area contributed by atoms with Crippen molar-refractivity contribution in [2.75, 3.05) is 60.0 Å². The van der Waals surface area contributed by atoms with E-state index in [-0.39, 0.29) is 30.3 Å². The van der Waals surface area contributed by atoms with Crippen LogP contribution in [-0.4, -0.2) is 109 Å². The molecule has 1 fully saturated rings. The van der Waals surface area contributed by atoms with Crippen molar-refractivity contribution in [3.63, 3.8) is 0 Å². The van der Waals surface area contributed by atoms with E-state index < -0.39 is 11.9 Å². The molecule has 0 aliphatic carbocycles. The first-order valence-electron chi connectivity index (χ1n) is 16.3. The minimum Gasteiger partial charge on any atom is -0.493 e. The Morgan fingerprint density at radius 2 is 1.80 bits per heavy atom. The molecule has 2 amide bonds. The quantitative estimate of drug-likeness (QED) is 0.306. The molecule has 0 aromatic heterocycles. The van der Waals surface area contributed by atoms with Crippen LogP contribution in [0.3, 0.4) is 0 Å². The monoisotopic (exact) mass is 604 g/mol. The summed E-state index contributed by atoms with van der Waals surface area (Å²) in [4.78, 5) is 48.0. The first-order chi connectivity index (χ1) is 21.3. The molecule has 3 unspecified atom stereocenters. The number of hydrogen-bond donors (Lipinski definition) is 1. The molecule has 1 N–H and O–H groups in total. The van der Waals surface area contributed by atoms with Gasteiger partial charge < -0.3 is 24.5 Å². The molecule has 5 rings (SSSR count). The van der Waals surface area contributed by atoms with E-state index in [1.165, 1.54) is 0 Å². The van der Waals surface area contributed by atoms with Gasteiger partial charge in [0.1, 0.15) is 5.75 Å². The van der Waals surface area contributed by atoms with E-state index in [9.17, 15) is 19.5 Å². The van der Waals surface area contributed by atoms with Gasteiger partial charge in [-0.2, -0.15) is 0 Å². The average molecular weight is 605 g/mol. The van der Waals surface area contributed by atoms with Gasteiger partial charge in [-0.15, -0.1) is 0 Å². The van der Waals surface area contributed by atoms with Gasteiger partial charge in [0, 0.05) is 56.7 Å². The zero-order valence-electron chi connectivity index (χ0n) is 26.5. The predicted octanol–water partition coefficient (Wildman–Crippen LogP) is 4.11. The standard InChI is InChI=1S/C35H48N4O5/c1-4-5-17-37(18-9-8-16-36(2)3)32(40)24-39-23-29(25-12-13-31-26(21-25)15-20-44-31)33(35(42)43)30(39)14-19-38-22-27-10-6-7-11-28(27)34(38)41/h6-7,10-13,21,29-30,33H,4-5,8-9,14-20,22-24H2,1-3H3,(H,42,43). The normalized spacial score (nSPS) is 21.0. The van der Waals surface area contributed by atoms with E-state index >= 15 is 0 Å². The molecule has 0 radical (unpaired) electrons. The fourth-order valence-electron chi connectivity index (χ4n) is 7.13. The molecule has 3 atom stereocenters. The van der Waals surface area contributed by atoms with Gasteiger partial charge in [0.15, 0.2) is 0 Å². The molecular weight excluding hydrogens is 556 g/mol. The predicted molar refractivity (Wildman–Crippen MR) is 170 cm³/mol. The lowest BCUT2D eigenvalue weighted by Crippen LogP contribution is -2.45. The summed E-state index contributed by atoms with van der Waals surface area (Å²) in [6.07, 6.45) is 5.21. The fourth-order valence-corrected chi connectivity index (χ4v) is 7.13. The molecule has 238 valence electrons. The highest BCUT2D eigenvalue weighted by Gasteiger charge is 2.47. The Morgan fingerprint density at radius 3 is 2.55 bits per heavy atom. The second kappa shape index (κ2) is 14.6. The van der Waals surface area contributed by atoms with Crippen molar-refractivity contribution in [3.8, 4) is 5.75 Å². The molecule has 0 saturated carbocycles. The Morgan fingerprint density at radius 1 is 1.02 bits per heavy atom. The number of carbonyl (C=O) groups is 3. The Labute approximate surface area is 261 Å². The van der Waals surface area contributed by atoms with E-state index in [2.05, 4.69) is 36.9 Å². The Balaban J connectivity index is 1.36. The number of carboxylic acid groups (broad SMARTS) is 1. The van der Waals surface area contributed by atoms with Crippen molar-refractivity contribution in [2.24, 2.45) is 5.92 Å². The number of amides is 2. The third kappa shape index (κ3) is 7.26. The maximum atomic E-state index is 13.9. The molecule has 3 aliphatic heterocycles. The number of hydrogen-bond acceptors (Lipinski definition) is 6. The van der Waals surface area contributed by atoms with Crippen molar-refractivity contribution in [1.82, 2.24) is 19.6 Å². The van der Waals surface area contributed by atoms with Crippen molar-refractivity contribution in [2.45, 2.75) is 64.0 Å². The molecule has 0 spiro atoms. The first kappa shape index (κ1) is 32.0. The van der Waals surface area contributed by atoms with Crippen molar-refractivity contribution in [1.29, 1.82) is 0 Å². The third-order valence-electron chi connectivity index (χ3n) is 9.52. The van der Waals surface area contributed by atoms with Gasteiger partial charge in [-0.25, -0.2) is 0 Å². The van der Waals surface area contributed by atoms with Gasteiger partial charge in [-0.1, -0.05) is 43.7 Å². The number of nitrogens with zero attached hydrogens (tertiary/aromatic N) is 4. The Hall–Kier alpha value is -3.43. The summed E-state index contributed by atoms with van der Waals surface area (Å²) >= 11 is 0. The molecule has 1 saturated heterocycles. The molecule has 3 aliphatic rings. The van der Waals surface area contributed by atoms with Crippen LogP contribution >= 0.6 is 0 Å². The first-order valence-corrected chi connectivity index (χ1v) is 16.3. The molecule has 9 nitrogen and oxygen atoms in total. The topological polar surface area (TPSA) is 93.6 Å². The van der Waals surface area contributed by atoms with E-state index in [1.807, 2.05) is 46.2 Å². The van der Waals surface area contributed by atoms with Gasteiger partial charge in [-0.05, 0) is 75.1 Å². The van der Waals surface area contributed by atoms with Crippen LogP contribution in [0.1, 0.15) is 72.0 Å². The van der Waals surface area contributed by atoms with Crippen LogP contribution in [0, 0.1) is 5.92 Å². The van der Waals surface area contributed by atoms with Crippen molar-refractivity contribution < 1.29 is 24.2 Å². The number of fused-ring (bicyclic) bond motifs is 2. The maximum Gasteiger partial charge on any atom is 0.308 e. The van der Waals surface area contributed by atoms with Crippen LogP contribution < -0.4 is 4.74 Å². The fraction of sp³-hybridized carbons (Fsp3) is 0.571. The van der Waals surface area contributed by atoms with E-state index in [0.717, 1.165) is 66.7 Å². The van der Waals surface area contributed by atoms with E-state index in [0.29, 0.717) is 45.8 Å². The molecule has 2 aromatic rings. The van der Waals surface area contributed by atoms with E-state index in [1.54, 1.807) is 0 Å². The van der Waals surface area contributed by atoms with Crippen LogP contribution in [0.2, 0.25) is 0 Å². The van der Waals surface area contributed by atoms with Gasteiger partial charge in [0.25, 0.3) is 5.91 Å². The molecule has 3 heterocycles. The molecule has 44 heavy (non-hydrogen) atoms. The number of carboxylic acids is 1. The lowest BCUT2D eigenvalue weighted by atomic mass is 9.83. The summed E-state index contributed by atoms with van der Waals surface area (Å²) in [5.41, 5.74) is 3.82. The minimum atomic E-state index is -0.853. The Kier molecular flexibility index (Phi) is 10.6. The third-order valence-corrected chi connectivity index (χ3v) is 9.52. The maximum absolute atomic E-state index is 13.9. The highest BCUT2D eigenvalue weighted by Crippen LogP contribution is 2.41. The number of unbranched alkanes of at least 4 members (excludes halogenated alkanes) is 2. The number of aliphatic carboxylic acids is 1. The summed E-state index contributed by atoms with van der Waals surface area (Å²) in [6, 6.07) is 13.3.